The van der Waals surface area contributed by atoms with Gasteiger partial charge >= 0.3 is 0 Å². The van der Waals surface area contributed by atoms with E-state index < -0.39 is 0 Å². The number of para-hydroxylation sites is 1. The monoisotopic (exact) mass is 211 g/mol. The van der Waals surface area contributed by atoms with Crippen molar-refractivity contribution in [1.82, 2.24) is 0 Å². The van der Waals surface area contributed by atoms with E-state index in [4.69, 9.17) is 5.73 Å². The lowest BCUT2D eigenvalue weighted by Crippen LogP contribution is -2.12. The highest BCUT2D eigenvalue weighted by Gasteiger charge is 2.04. The van der Waals surface area contributed by atoms with E-state index in [1.165, 1.54) is 5.30 Å². The summed E-state index contributed by atoms with van der Waals surface area (Å²) in [6.45, 7) is 2.09. The van der Waals surface area contributed by atoms with Crippen LogP contribution in [0.25, 0.3) is 0 Å². The van der Waals surface area contributed by atoms with Crippen LogP contribution in [0.5, 0.6) is 0 Å². The standard InChI is InChI=1S/C11H18NOP/c1-2-5-9(13)8-14-11-7-4-3-6-10(11)12/h3-4,6-7,9,13-14H,2,5,8,12H2,1H3. The van der Waals surface area contributed by atoms with Crippen LogP contribution in [0.2, 0.25) is 0 Å². The minimum Gasteiger partial charge on any atom is -0.398 e. The Labute approximate surface area is 87.3 Å². The molecule has 0 amide bonds. The van der Waals surface area contributed by atoms with Gasteiger partial charge in [-0.15, -0.1) is 0 Å². The number of rotatable bonds is 5. The Morgan fingerprint density at radius 3 is 2.79 bits per heavy atom. The summed E-state index contributed by atoms with van der Waals surface area (Å²) < 4.78 is 0. The normalized spacial score (nSPS) is 13.6. The molecule has 14 heavy (non-hydrogen) atoms. The van der Waals surface area contributed by atoms with Crippen LogP contribution < -0.4 is 11.0 Å². The van der Waals surface area contributed by atoms with Gasteiger partial charge in [0.25, 0.3) is 0 Å². The molecule has 1 aromatic rings. The molecule has 0 saturated heterocycles. The molecule has 3 heteroatoms. The van der Waals surface area contributed by atoms with Gasteiger partial charge in [0.05, 0.1) is 6.10 Å². The number of nitrogens with two attached hydrogens (primary N) is 1. The lowest BCUT2D eigenvalue weighted by atomic mass is 10.2. The molecule has 0 fully saturated rings. The maximum atomic E-state index is 9.57. The van der Waals surface area contributed by atoms with E-state index in [0.29, 0.717) is 8.58 Å². The summed E-state index contributed by atoms with van der Waals surface area (Å²) in [7, 11) is 0.618. The molecule has 2 unspecified atom stereocenters. The molecule has 78 valence electrons. The smallest absolute Gasteiger partial charge is 0.0579 e. The molecule has 2 nitrogen and oxygen atoms in total. The molecule has 0 aliphatic carbocycles. The van der Waals surface area contributed by atoms with E-state index in [2.05, 4.69) is 6.92 Å². The summed E-state index contributed by atoms with van der Waals surface area (Å²) in [5.41, 5.74) is 6.65. The number of hydrogen-bond donors (Lipinski definition) is 2. The van der Waals surface area contributed by atoms with Crippen molar-refractivity contribution in [1.29, 1.82) is 0 Å². The number of hydrogen-bond acceptors (Lipinski definition) is 2. The molecule has 0 bridgehead atoms. The highest BCUT2D eigenvalue weighted by atomic mass is 31.1. The van der Waals surface area contributed by atoms with E-state index in [-0.39, 0.29) is 6.10 Å². The highest BCUT2D eigenvalue weighted by Crippen LogP contribution is 2.17. The first-order chi connectivity index (χ1) is 6.74. The number of aliphatic hydroxyl groups excluding tert-OH is 1. The third-order valence-corrected chi connectivity index (χ3v) is 3.62. The lowest BCUT2D eigenvalue weighted by Gasteiger charge is -2.10. The first kappa shape index (κ1) is 11.5. The van der Waals surface area contributed by atoms with Crippen LogP contribution >= 0.6 is 8.58 Å². The van der Waals surface area contributed by atoms with Gasteiger partial charge in [-0.3, -0.25) is 0 Å². The highest BCUT2D eigenvalue weighted by molar-refractivity contribution is 7.47. The molecule has 0 spiro atoms. The average molecular weight is 211 g/mol. The quantitative estimate of drug-likeness (QED) is 0.575. The summed E-state index contributed by atoms with van der Waals surface area (Å²) in [5, 5.41) is 10.7. The van der Waals surface area contributed by atoms with Gasteiger partial charge in [0.15, 0.2) is 0 Å². The second-order valence-corrected chi connectivity index (χ2v) is 4.71. The lowest BCUT2D eigenvalue weighted by molar-refractivity contribution is 0.187. The van der Waals surface area contributed by atoms with Crippen molar-refractivity contribution in [2.45, 2.75) is 25.9 Å². The van der Waals surface area contributed by atoms with Gasteiger partial charge in [-0.05, 0) is 24.0 Å². The molecule has 0 radical (unpaired) electrons. The first-order valence-electron chi connectivity index (χ1n) is 5.00. The Bertz CT molecular complexity index is 278. The zero-order valence-corrected chi connectivity index (χ0v) is 9.53. The number of aliphatic hydroxyl groups is 1. The topological polar surface area (TPSA) is 46.2 Å². The third-order valence-electron chi connectivity index (χ3n) is 2.11. The molecular weight excluding hydrogens is 193 g/mol. The molecule has 0 aromatic heterocycles. The molecule has 1 rings (SSSR count). The van der Waals surface area contributed by atoms with Gasteiger partial charge in [-0.1, -0.05) is 40.1 Å². The third kappa shape index (κ3) is 3.65. The van der Waals surface area contributed by atoms with Gasteiger partial charge < -0.3 is 10.8 Å². The van der Waals surface area contributed by atoms with Gasteiger partial charge in [-0.25, -0.2) is 0 Å². The fraction of sp³-hybridized carbons (Fsp3) is 0.455. The van der Waals surface area contributed by atoms with E-state index in [1.54, 1.807) is 0 Å². The van der Waals surface area contributed by atoms with Crippen molar-refractivity contribution in [3.63, 3.8) is 0 Å². The first-order valence-corrected chi connectivity index (χ1v) is 6.21. The molecule has 0 aliphatic rings. The Morgan fingerprint density at radius 2 is 2.14 bits per heavy atom. The average Bonchev–Trinajstić information content (AvgIpc) is 2.17. The van der Waals surface area contributed by atoms with Crippen LogP contribution in [-0.4, -0.2) is 17.4 Å². The van der Waals surface area contributed by atoms with Crippen LogP contribution in [0.3, 0.4) is 0 Å². The van der Waals surface area contributed by atoms with E-state index in [9.17, 15) is 5.11 Å². The summed E-state index contributed by atoms with van der Waals surface area (Å²) in [6, 6.07) is 7.87. The Morgan fingerprint density at radius 1 is 1.43 bits per heavy atom. The maximum Gasteiger partial charge on any atom is 0.0579 e. The summed E-state index contributed by atoms with van der Waals surface area (Å²) in [5.74, 6) is 0. The van der Waals surface area contributed by atoms with Crippen LogP contribution in [0.15, 0.2) is 24.3 Å². The van der Waals surface area contributed by atoms with Crippen LogP contribution in [0.4, 0.5) is 5.69 Å². The van der Waals surface area contributed by atoms with Crippen molar-refractivity contribution >= 4 is 19.6 Å². The predicted octanol–water partition coefficient (Wildman–Crippen LogP) is 1.73. The number of anilines is 1. The van der Waals surface area contributed by atoms with Crippen molar-refractivity contribution in [3.8, 4) is 0 Å². The zero-order chi connectivity index (χ0) is 10.4. The molecule has 1 aromatic carbocycles. The van der Waals surface area contributed by atoms with Crippen LogP contribution in [0, 0.1) is 0 Å². The molecule has 0 saturated carbocycles. The largest absolute Gasteiger partial charge is 0.398 e. The van der Waals surface area contributed by atoms with Crippen LogP contribution in [0.1, 0.15) is 19.8 Å². The second-order valence-electron chi connectivity index (χ2n) is 3.41. The summed E-state index contributed by atoms with van der Waals surface area (Å²) in [4.78, 5) is 0. The molecule has 0 aliphatic heterocycles. The van der Waals surface area contributed by atoms with Gasteiger partial charge in [0.1, 0.15) is 0 Å². The SMILES string of the molecule is CCCC(O)CPc1ccccc1N. The van der Waals surface area contributed by atoms with Crippen LogP contribution in [-0.2, 0) is 0 Å². The van der Waals surface area contributed by atoms with Gasteiger partial charge in [-0.2, -0.15) is 0 Å². The molecule has 2 atom stereocenters. The van der Waals surface area contributed by atoms with E-state index in [1.807, 2.05) is 24.3 Å². The fourth-order valence-electron chi connectivity index (χ4n) is 1.32. The Balaban J connectivity index is 2.41. The van der Waals surface area contributed by atoms with Crippen molar-refractivity contribution < 1.29 is 5.11 Å². The Hall–Kier alpha value is -0.590. The molecular formula is C11H18NOP. The second kappa shape index (κ2) is 6.00. The number of benzene rings is 1. The fourth-order valence-corrected chi connectivity index (χ4v) is 2.48. The predicted molar refractivity (Wildman–Crippen MR) is 64.6 cm³/mol. The molecule has 3 N–H and O–H groups in total. The minimum absolute atomic E-state index is 0.169. The van der Waals surface area contributed by atoms with Crippen molar-refractivity contribution in [3.05, 3.63) is 24.3 Å². The summed E-state index contributed by atoms with van der Waals surface area (Å²) >= 11 is 0. The Kier molecular flexibility index (Phi) is 4.92. The summed E-state index contributed by atoms with van der Waals surface area (Å²) in [6.07, 6.45) is 2.59. The van der Waals surface area contributed by atoms with E-state index in [0.717, 1.165) is 24.7 Å². The van der Waals surface area contributed by atoms with Crippen molar-refractivity contribution in [2.24, 2.45) is 0 Å². The van der Waals surface area contributed by atoms with E-state index >= 15 is 0 Å². The van der Waals surface area contributed by atoms with Gasteiger partial charge in [0, 0.05) is 5.69 Å². The zero-order valence-electron chi connectivity index (χ0n) is 8.53. The van der Waals surface area contributed by atoms with Crippen molar-refractivity contribution in [2.75, 3.05) is 11.9 Å². The minimum atomic E-state index is -0.169. The van der Waals surface area contributed by atoms with Gasteiger partial charge in [0.2, 0.25) is 0 Å². The number of nitrogen functional groups attached to an aromatic ring is 1. The maximum absolute atomic E-state index is 9.57. The molecule has 0 heterocycles.